The molecule has 0 aromatic heterocycles. The number of nitrogens with zero attached hydrogens (tertiary/aromatic N) is 2. The van der Waals surface area contributed by atoms with Crippen LogP contribution < -0.4 is 15.4 Å². The van der Waals surface area contributed by atoms with Crippen molar-refractivity contribution >= 4 is 46.1 Å². The smallest absolute Gasteiger partial charge is 0.409 e. The maximum Gasteiger partial charge on any atom is 0.409 e. The number of amides is 1. The van der Waals surface area contributed by atoms with E-state index < -0.39 is 10.0 Å². The quantitative estimate of drug-likeness (QED) is 0.270. The second-order valence-electron chi connectivity index (χ2n) is 6.65. The number of rotatable bonds is 7. The number of carbonyl (C=O) groups is 1. The van der Waals surface area contributed by atoms with Gasteiger partial charge in [0, 0.05) is 25.7 Å². The van der Waals surface area contributed by atoms with Crippen molar-refractivity contribution in [2.75, 3.05) is 33.3 Å². The number of aliphatic imine (C=N–C) groups is 1. The molecule has 0 radical (unpaired) electrons. The summed E-state index contributed by atoms with van der Waals surface area (Å²) < 4.78 is 30.9. The molecule has 3 N–H and O–H groups in total. The van der Waals surface area contributed by atoms with Crippen LogP contribution in [0.4, 0.5) is 4.79 Å². The maximum atomic E-state index is 11.8. The number of benzene rings is 1. The SMILES string of the molecule is CCNC(=NCc1ccc(S(=O)(=O)NC)cc1)NC1CCN(C(=O)OCC)CC1.I. The predicted octanol–water partition coefficient (Wildman–Crippen LogP) is 1.89. The highest BCUT2D eigenvalue weighted by Crippen LogP contribution is 2.13. The van der Waals surface area contributed by atoms with Gasteiger partial charge in [0.2, 0.25) is 10.0 Å². The van der Waals surface area contributed by atoms with Gasteiger partial charge in [0.25, 0.3) is 0 Å². The van der Waals surface area contributed by atoms with E-state index in [9.17, 15) is 13.2 Å². The third-order valence-electron chi connectivity index (χ3n) is 4.63. The summed E-state index contributed by atoms with van der Waals surface area (Å²) in [6, 6.07) is 6.88. The van der Waals surface area contributed by atoms with E-state index in [1.54, 1.807) is 36.1 Å². The Morgan fingerprint density at radius 2 is 1.83 bits per heavy atom. The van der Waals surface area contributed by atoms with Gasteiger partial charge in [-0.2, -0.15) is 0 Å². The molecule has 1 aromatic carbocycles. The van der Waals surface area contributed by atoms with Crippen LogP contribution in [0.1, 0.15) is 32.3 Å². The van der Waals surface area contributed by atoms with E-state index >= 15 is 0 Å². The Morgan fingerprint density at radius 1 is 1.20 bits per heavy atom. The Hall–Kier alpha value is -1.60. The third-order valence-corrected chi connectivity index (χ3v) is 6.06. The molecule has 1 saturated heterocycles. The summed E-state index contributed by atoms with van der Waals surface area (Å²) >= 11 is 0. The lowest BCUT2D eigenvalue weighted by atomic mass is 10.1. The molecule has 0 unspecified atom stereocenters. The van der Waals surface area contributed by atoms with Gasteiger partial charge in [-0.1, -0.05) is 12.1 Å². The van der Waals surface area contributed by atoms with Crippen LogP contribution in [0.2, 0.25) is 0 Å². The lowest BCUT2D eigenvalue weighted by Crippen LogP contribution is -2.49. The van der Waals surface area contributed by atoms with Crippen LogP contribution in [0.15, 0.2) is 34.2 Å². The molecule has 2 rings (SSSR count). The molecule has 0 bridgehead atoms. The zero-order valence-corrected chi connectivity index (χ0v) is 20.8. The molecule has 0 saturated carbocycles. The second kappa shape index (κ2) is 13.0. The summed E-state index contributed by atoms with van der Waals surface area (Å²) in [5, 5.41) is 6.64. The van der Waals surface area contributed by atoms with Gasteiger partial charge in [0.15, 0.2) is 5.96 Å². The number of hydrogen-bond donors (Lipinski definition) is 3. The standard InChI is InChI=1S/C19H31N5O4S.HI/c1-4-21-18(23-16-10-12-24(13-11-16)19(25)28-5-2)22-14-15-6-8-17(9-7-15)29(26,27)20-3;/h6-9,16,20H,4-5,10-14H2,1-3H3,(H2,21,22,23);1H. The number of likely N-dealkylation sites (tertiary alicyclic amines) is 1. The monoisotopic (exact) mass is 553 g/mol. The number of guanidine groups is 1. The third kappa shape index (κ3) is 7.91. The number of piperidine rings is 1. The Balaban J connectivity index is 0.00000450. The minimum Gasteiger partial charge on any atom is -0.450 e. The molecule has 1 amide bonds. The fourth-order valence-electron chi connectivity index (χ4n) is 3.00. The van der Waals surface area contributed by atoms with Crippen LogP contribution in [0.25, 0.3) is 0 Å². The van der Waals surface area contributed by atoms with Gasteiger partial charge in [0.05, 0.1) is 18.0 Å². The zero-order valence-electron chi connectivity index (χ0n) is 17.7. The van der Waals surface area contributed by atoms with Crippen LogP contribution in [-0.2, 0) is 21.3 Å². The topological polar surface area (TPSA) is 112 Å². The minimum atomic E-state index is -3.44. The average molecular weight is 553 g/mol. The minimum absolute atomic E-state index is 0. The molecule has 0 aliphatic carbocycles. The van der Waals surface area contributed by atoms with Crippen LogP contribution in [0.3, 0.4) is 0 Å². The first-order valence-corrected chi connectivity index (χ1v) is 11.4. The van der Waals surface area contributed by atoms with Crippen LogP contribution >= 0.6 is 24.0 Å². The number of ether oxygens (including phenoxy) is 1. The number of nitrogens with one attached hydrogen (secondary N) is 3. The second-order valence-corrected chi connectivity index (χ2v) is 8.54. The molecule has 1 fully saturated rings. The molecule has 0 spiro atoms. The molecule has 1 aliphatic heterocycles. The van der Waals surface area contributed by atoms with Crippen LogP contribution in [0, 0.1) is 0 Å². The van der Waals surface area contributed by atoms with E-state index in [0.717, 1.165) is 24.9 Å². The Morgan fingerprint density at radius 3 is 2.37 bits per heavy atom. The van der Waals surface area contributed by atoms with Crippen molar-refractivity contribution in [3.63, 3.8) is 0 Å². The summed E-state index contributed by atoms with van der Waals surface area (Å²) in [4.78, 5) is 18.4. The van der Waals surface area contributed by atoms with Crippen molar-refractivity contribution in [2.45, 2.75) is 44.2 Å². The molecular formula is C19H32IN5O4S. The Bertz CT molecular complexity index is 794. The van der Waals surface area contributed by atoms with E-state index in [0.29, 0.717) is 32.2 Å². The first-order chi connectivity index (χ1) is 13.9. The largest absolute Gasteiger partial charge is 0.450 e. The summed E-state index contributed by atoms with van der Waals surface area (Å²) in [6.45, 7) is 6.64. The van der Waals surface area contributed by atoms with Crippen molar-refractivity contribution in [1.82, 2.24) is 20.3 Å². The molecule has 0 atom stereocenters. The molecule has 1 heterocycles. The summed E-state index contributed by atoms with van der Waals surface area (Å²) in [7, 11) is -2.05. The van der Waals surface area contributed by atoms with E-state index in [1.807, 2.05) is 6.92 Å². The van der Waals surface area contributed by atoms with Crippen molar-refractivity contribution in [3.05, 3.63) is 29.8 Å². The van der Waals surface area contributed by atoms with Crippen molar-refractivity contribution in [3.8, 4) is 0 Å². The van der Waals surface area contributed by atoms with Gasteiger partial charge >= 0.3 is 6.09 Å². The highest BCUT2D eigenvalue weighted by atomic mass is 127. The van der Waals surface area contributed by atoms with Crippen LogP contribution in [0.5, 0.6) is 0 Å². The zero-order chi connectivity index (χ0) is 21.3. The van der Waals surface area contributed by atoms with Gasteiger partial charge in [-0.3, -0.25) is 0 Å². The lowest BCUT2D eigenvalue weighted by Gasteiger charge is -2.32. The highest BCUT2D eigenvalue weighted by molar-refractivity contribution is 14.0. The van der Waals surface area contributed by atoms with Crippen LogP contribution in [-0.4, -0.2) is 64.7 Å². The van der Waals surface area contributed by atoms with Crippen molar-refractivity contribution in [2.24, 2.45) is 4.99 Å². The van der Waals surface area contributed by atoms with Gasteiger partial charge in [0.1, 0.15) is 0 Å². The lowest BCUT2D eigenvalue weighted by molar-refractivity contribution is 0.0963. The number of hydrogen-bond acceptors (Lipinski definition) is 5. The van der Waals surface area contributed by atoms with Gasteiger partial charge in [-0.05, 0) is 51.4 Å². The molecule has 170 valence electrons. The molecule has 1 aliphatic rings. The first-order valence-electron chi connectivity index (χ1n) is 9.88. The van der Waals surface area contributed by atoms with Gasteiger partial charge in [-0.25, -0.2) is 22.9 Å². The molecule has 11 heteroatoms. The average Bonchev–Trinajstić information content (AvgIpc) is 2.73. The van der Waals surface area contributed by atoms with E-state index in [1.165, 1.54) is 7.05 Å². The van der Waals surface area contributed by atoms with E-state index in [-0.39, 0.29) is 41.0 Å². The number of carbonyl (C=O) groups excluding carboxylic acids is 1. The fourth-order valence-corrected chi connectivity index (χ4v) is 3.73. The fraction of sp³-hybridized carbons (Fsp3) is 0.579. The highest BCUT2D eigenvalue weighted by Gasteiger charge is 2.24. The maximum absolute atomic E-state index is 11.8. The summed E-state index contributed by atoms with van der Waals surface area (Å²) in [5.74, 6) is 0.703. The number of sulfonamides is 1. The normalized spacial score (nSPS) is 15.3. The molecule has 1 aromatic rings. The molecule has 9 nitrogen and oxygen atoms in total. The van der Waals surface area contributed by atoms with Gasteiger partial charge < -0.3 is 20.3 Å². The van der Waals surface area contributed by atoms with E-state index in [2.05, 4.69) is 20.3 Å². The molecular weight excluding hydrogens is 521 g/mol. The van der Waals surface area contributed by atoms with Crippen molar-refractivity contribution in [1.29, 1.82) is 0 Å². The number of halogens is 1. The predicted molar refractivity (Wildman–Crippen MR) is 128 cm³/mol. The summed E-state index contributed by atoms with van der Waals surface area (Å²) in [6.07, 6.45) is 1.38. The molecule has 30 heavy (non-hydrogen) atoms. The Kier molecular flexibility index (Phi) is 11.4. The van der Waals surface area contributed by atoms with Crippen molar-refractivity contribution < 1.29 is 17.9 Å². The first kappa shape index (κ1) is 26.4. The Labute approximate surface area is 196 Å². The summed E-state index contributed by atoms with van der Waals surface area (Å²) in [5.41, 5.74) is 0.911. The van der Waals surface area contributed by atoms with E-state index in [4.69, 9.17) is 4.74 Å². The van der Waals surface area contributed by atoms with Gasteiger partial charge in [-0.15, -0.1) is 24.0 Å².